The highest BCUT2D eigenvalue weighted by molar-refractivity contribution is 4.65. The highest BCUT2D eigenvalue weighted by Gasteiger charge is 2.25. The van der Waals surface area contributed by atoms with Crippen molar-refractivity contribution in [3.63, 3.8) is 0 Å². The van der Waals surface area contributed by atoms with E-state index in [9.17, 15) is 5.11 Å². The van der Waals surface area contributed by atoms with Crippen molar-refractivity contribution in [2.45, 2.75) is 71.1 Å². The summed E-state index contributed by atoms with van der Waals surface area (Å²) < 4.78 is 10.6. The van der Waals surface area contributed by atoms with Gasteiger partial charge in [0.05, 0.1) is 6.10 Å². The molecule has 1 aliphatic heterocycles. The predicted molar refractivity (Wildman–Crippen MR) is 54.8 cm³/mol. The highest BCUT2D eigenvalue weighted by Crippen LogP contribution is 2.21. The molecule has 1 aliphatic rings. The van der Waals surface area contributed by atoms with Crippen molar-refractivity contribution in [1.82, 2.24) is 0 Å². The summed E-state index contributed by atoms with van der Waals surface area (Å²) in [6.07, 6.45) is 5.98. The van der Waals surface area contributed by atoms with Gasteiger partial charge in [0.25, 0.3) is 0 Å². The van der Waals surface area contributed by atoms with Crippen LogP contribution in [0.4, 0.5) is 0 Å². The van der Waals surface area contributed by atoms with E-state index in [1.807, 2.05) is 6.92 Å². The average Bonchev–Trinajstić information content (AvgIpc) is 2.11. The maximum absolute atomic E-state index is 9.35. The van der Waals surface area contributed by atoms with Gasteiger partial charge in [-0.1, -0.05) is 32.6 Å². The third-order valence-electron chi connectivity index (χ3n) is 2.58. The zero-order valence-corrected chi connectivity index (χ0v) is 9.24. The van der Waals surface area contributed by atoms with Gasteiger partial charge in [0.1, 0.15) is 0 Å². The first-order valence-electron chi connectivity index (χ1n) is 5.71. The Labute approximate surface area is 86.4 Å². The minimum absolute atomic E-state index is 0.186. The summed E-state index contributed by atoms with van der Waals surface area (Å²) in [5.41, 5.74) is 0. The Balaban J connectivity index is 2.10. The van der Waals surface area contributed by atoms with Crippen molar-refractivity contribution in [1.29, 1.82) is 0 Å². The predicted octanol–water partition coefficient (Wildman–Crippen LogP) is 2.43. The van der Waals surface area contributed by atoms with Crippen LogP contribution >= 0.6 is 0 Å². The number of hydrogen-bond acceptors (Lipinski definition) is 3. The first kappa shape index (κ1) is 12.0. The second-order valence-electron chi connectivity index (χ2n) is 4.00. The van der Waals surface area contributed by atoms with Gasteiger partial charge in [-0.25, -0.2) is 0 Å². The summed E-state index contributed by atoms with van der Waals surface area (Å²) in [6.45, 7) is 4.04. The maximum atomic E-state index is 9.35. The number of aliphatic hydroxyl groups excluding tert-OH is 1. The Bertz CT molecular complexity index is 139. The summed E-state index contributed by atoms with van der Waals surface area (Å²) in [4.78, 5) is 0. The van der Waals surface area contributed by atoms with Gasteiger partial charge in [-0.3, -0.25) is 0 Å². The van der Waals surface area contributed by atoms with Crippen LogP contribution in [0.5, 0.6) is 0 Å². The van der Waals surface area contributed by atoms with Gasteiger partial charge in [-0.15, -0.1) is 0 Å². The van der Waals surface area contributed by atoms with E-state index in [1.54, 1.807) is 0 Å². The monoisotopic (exact) mass is 202 g/mol. The zero-order valence-electron chi connectivity index (χ0n) is 9.24. The summed E-state index contributed by atoms with van der Waals surface area (Å²) >= 11 is 0. The average molecular weight is 202 g/mol. The molecule has 3 heteroatoms. The Kier molecular flexibility index (Phi) is 5.45. The number of ether oxygens (including phenoxy) is 2. The molecular weight excluding hydrogens is 180 g/mol. The van der Waals surface area contributed by atoms with Crippen molar-refractivity contribution < 1.29 is 14.6 Å². The highest BCUT2D eigenvalue weighted by atomic mass is 16.7. The van der Waals surface area contributed by atoms with Crippen LogP contribution in [0, 0.1) is 0 Å². The molecule has 0 aromatic carbocycles. The second-order valence-corrected chi connectivity index (χ2v) is 4.00. The summed E-state index contributed by atoms with van der Waals surface area (Å²) in [6, 6.07) is 0. The van der Waals surface area contributed by atoms with E-state index in [2.05, 4.69) is 6.92 Å². The van der Waals surface area contributed by atoms with Crippen molar-refractivity contribution in [3.8, 4) is 0 Å². The molecule has 3 atom stereocenters. The first-order chi connectivity index (χ1) is 6.72. The SMILES string of the molecule is CCCCCC[C@H]1C[C@H](O)O[C@@H](C)O1. The number of hydrogen-bond donors (Lipinski definition) is 1. The normalized spacial score (nSPS) is 33.2. The molecule has 0 radical (unpaired) electrons. The quantitative estimate of drug-likeness (QED) is 0.696. The Morgan fingerprint density at radius 1 is 1.21 bits per heavy atom. The largest absolute Gasteiger partial charge is 0.368 e. The third kappa shape index (κ3) is 4.40. The maximum Gasteiger partial charge on any atom is 0.160 e. The summed E-state index contributed by atoms with van der Waals surface area (Å²) in [5.74, 6) is 0. The zero-order chi connectivity index (χ0) is 10.4. The molecule has 0 aromatic heterocycles. The van der Waals surface area contributed by atoms with Crippen LogP contribution in [0.15, 0.2) is 0 Å². The van der Waals surface area contributed by atoms with E-state index in [-0.39, 0.29) is 12.4 Å². The number of rotatable bonds is 5. The lowest BCUT2D eigenvalue weighted by molar-refractivity contribution is -0.287. The molecule has 0 spiro atoms. The lowest BCUT2D eigenvalue weighted by atomic mass is 10.1. The molecule has 1 rings (SSSR count). The molecule has 0 saturated carbocycles. The van der Waals surface area contributed by atoms with E-state index in [0.29, 0.717) is 6.42 Å². The number of unbranched alkanes of at least 4 members (excludes halogenated alkanes) is 3. The van der Waals surface area contributed by atoms with Gasteiger partial charge in [-0.05, 0) is 13.3 Å². The molecule has 84 valence electrons. The molecular formula is C11H22O3. The third-order valence-corrected chi connectivity index (χ3v) is 2.58. The molecule has 1 saturated heterocycles. The van der Waals surface area contributed by atoms with Gasteiger partial charge in [0.2, 0.25) is 0 Å². The lowest BCUT2D eigenvalue weighted by Gasteiger charge is -2.31. The van der Waals surface area contributed by atoms with E-state index in [0.717, 1.165) is 6.42 Å². The van der Waals surface area contributed by atoms with Crippen LogP contribution in [0.3, 0.4) is 0 Å². The van der Waals surface area contributed by atoms with Gasteiger partial charge in [0.15, 0.2) is 12.6 Å². The fourth-order valence-electron chi connectivity index (χ4n) is 1.84. The van der Waals surface area contributed by atoms with Crippen LogP contribution < -0.4 is 0 Å². The van der Waals surface area contributed by atoms with Gasteiger partial charge >= 0.3 is 0 Å². The molecule has 1 heterocycles. The Hall–Kier alpha value is -0.120. The van der Waals surface area contributed by atoms with Crippen LogP contribution in [0.1, 0.15) is 52.4 Å². The van der Waals surface area contributed by atoms with Gasteiger partial charge < -0.3 is 14.6 Å². The van der Waals surface area contributed by atoms with E-state index in [4.69, 9.17) is 9.47 Å². The van der Waals surface area contributed by atoms with Gasteiger partial charge in [0, 0.05) is 6.42 Å². The second kappa shape index (κ2) is 6.38. The summed E-state index contributed by atoms with van der Waals surface area (Å²) in [5, 5.41) is 9.35. The standard InChI is InChI=1S/C11H22O3/c1-3-4-5-6-7-10-8-11(12)14-9(2)13-10/h9-12H,3-8H2,1-2H3/t9-,10-,11+/m0/s1. The molecule has 0 amide bonds. The topological polar surface area (TPSA) is 38.7 Å². The molecule has 1 fully saturated rings. The molecule has 0 aliphatic carbocycles. The van der Waals surface area contributed by atoms with Crippen LogP contribution in [0.25, 0.3) is 0 Å². The Morgan fingerprint density at radius 2 is 2.00 bits per heavy atom. The van der Waals surface area contributed by atoms with Crippen LogP contribution in [0.2, 0.25) is 0 Å². The van der Waals surface area contributed by atoms with Gasteiger partial charge in [-0.2, -0.15) is 0 Å². The van der Waals surface area contributed by atoms with Crippen molar-refractivity contribution >= 4 is 0 Å². The molecule has 1 N–H and O–H groups in total. The Morgan fingerprint density at radius 3 is 2.64 bits per heavy atom. The van der Waals surface area contributed by atoms with Crippen LogP contribution in [-0.2, 0) is 9.47 Å². The smallest absolute Gasteiger partial charge is 0.160 e. The number of aliphatic hydroxyl groups is 1. The van der Waals surface area contributed by atoms with Crippen molar-refractivity contribution in [3.05, 3.63) is 0 Å². The van der Waals surface area contributed by atoms with E-state index in [1.165, 1.54) is 25.7 Å². The molecule has 0 unspecified atom stereocenters. The summed E-state index contributed by atoms with van der Waals surface area (Å²) in [7, 11) is 0. The lowest BCUT2D eigenvalue weighted by Crippen LogP contribution is -2.36. The van der Waals surface area contributed by atoms with E-state index < -0.39 is 6.29 Å². The van der Waals surface area contributed by atoms with E-state index >= 15 is 0 Å². The molecule has 0 bridgehead atoms. The minimum atomic E-state index is -0.630. The fraction of sp³-hybridized carbons (Fsp3) is 1.00. The van der Waals surface area contributed by atoms with Crippen LogP contribution in [-0.4, -0.2) is 23.8 Å². The molecule has 0 aromatic rings. The molecule has 14 heavy (non-hydrogen) atoms. The van der Waals surface area contributed by atoms with Crippen molar-refractivity contribution in [2.24, 2.45) is 0 Å². The minimum Gasteiger partial charge on any atom is -0.368 e. The first-order valence-corrected chi connectivity index (χ1v) is 5.71. The van der Waals surface area contributed by atoms with Crippen molar-refractivity contribution in [2.75, 3.05) is 0 Å². The fourth-order valence-corrected chi connectivity index (χ4v) is 1.84. The molecule has 3 nitrogen and oxygen atoms in total.